The molecule has 0 radical (unpaired) electrons. The topological polar surface area (TPSA) is 43.4 Å². The van der Waals surface area contributed by atoms with Gasteiger partial charge in [0.15, 0.2) is 4.51 Å². The van der Waals surface area contributed by atoms with Crippen molar-refractivity contribution in [3.05, 3.63) is 54.1 Å². The third kappa shape index (κ3) is 3.75. The minimum absolute atomic E-state index is 0.0525. The van der Waals surface area contributed by atoms with Gasteiger partial charge in [0.1, 0.15) is 0 Å². The van der Waals surface area contributed by atoms with Crippen molar-refractivity contribution < 1.29 is 25.8 Å². The fraction of sp³-hybridized carbons (Fsp3) is 0.231. The second-order valence-electron chi connectivity index (χ2n) is 4.33. The van der Waals surface area contributed by atoms with Gasteiger partial charge in [-0.3, -0.25) is 0 Å². The summed E-state index contributed by atoms with van der Waals surface area (Å²) in [7, 11) is -5.67. The lowest BCUT2D eigenvalue weighted by atomic mass is 9.98. The molecule has 0 aromatic heterocycles. The first-order valence-electron chi connectivity index (χ1n) is 5.79. The predicted molar refractivity (Wildman–Crippen MR) is 75.9 cm³/mol. The van der Waals surface area contributed by atoms with Gasteiger partial charge in [0, 0.05) is 6.42 Å². The zero-order valence-electron chi connectivity index (χ0n) is 10.5. The molecule has 1 aliphatic rings. The second-order valence-corrected chi connectivity index (χ2v) is 7.21. The van der Waals surface area contributed by atoms with Gasteiger partial charge in [-0.1, -0.05) is 42.5 Å². The molecule has 1 aliphatic carbocycles. The highest BCUT2D eigenvalue weighted by atomic mass is 79.9. The molecule has 0 spiro atoms. The van der Waals surface area contributed by atoms with E-state index < -0.39 is 20.1 Å². The fourth-order valence-electron chi connectivity index (χ4n) is 1.74. The zero-order valence-corrected chi connectivity index (χ0v) is 12.9. The number of allylic oxidation sites excluding steroid dienone is 2. The van der Waals surface area contributed by atoms with E-state index in [2.05, 4.69) is 20.1 Å². The Morgan fingerprint density at radius 1 is 1.19 bits per heavy atom. The molecule has 21 heavy (non-hydrogen) atoms. The molecule has 1 unspecified atom stereocenters. The standard InChI is InChI=1S/C13H10BrF3O3S/c14-12(20-21(18,19)13(15,16)17)8-6-11(7-9-12)10-4-2-1-3-5-10/h1-8H,9H2. The highest BCUT2D eigenvalue weighted by Gasteiger charge is 2.51. The largest absolute Gasteiger partial charge is 0.523 e. The van der Waals surface area contributed by atoms with Crippen LogP contribution in [0.15, 0.2) is 48.6 Å². The van der Waals surface area contributed by atoms with Crippen LogP contribution in [0.25, 0.3) is 5.57 Å². The third-order valence-corrected chi connectivity index (χ3v) is 4.80. The van der Waals surface area contributed by atoms with Crippen molar-refractivity contribution in [1.29, 1.82) is 0 Å². The maximum Gasteiger partial charge on any atom is 0.523 e. The Kier molecular flexibility index (Phi) is 4.32. The van der Waals surface area contributed by atoms with E-state index in [4.69, 9.17) is 0 Å². The van der Waals surface area contributed by atoms with Crippen LogP contribution in [0, 0.1) is 0 Å². The fourth-order valence-corrected chi connectivity index (χ4v) is 3.13. The Bertz CT molecular complexity index is 680. The highest BCUT2D eigenvalue weighted by molar-refractivity contribution is 9.10. The van der Waals surface area contributed by atoms with Crippen LogP contribution in [0.1, 0.15) is 12.0 Å². The summed E-state index contributed by atoms with van der Waals surface area (Å²) in [6.45, 7) is 0. The van der Waals surface area contributed by atoms with Crippen molar-refractivity contribution in [3.8, 4) is 0 Å². The lowest BCUT2D eigenvalue weighted by Crippen LogP contribution is -2.34. The first-order valence-corrected chi connectivity index (χ1v) is 7.99. The normalized spacial score (nSPS) is 23.0. The molecule has 0 heterocycles. The highest BCUT2D eigenvalue weighted by Crippen LogP contribution is 2.38. The predicted octanol–water partition coefficient (Wildman–Crippen LogP) is 3.99. The maximum atomic E-state index is 12.3. The smallest absolute Gasteiger partial charge is 0.240 e. The molecular formula is C13H10BrF3O3S. The van der Waals surface area contributed by atoms with E-state index in [1.54, 1.807) is 6.08 Å². The van der Waals surface area contributed by atoms with Gasteiger partial charge in [-0.25, -0.2) is 4.18 Å². The molecular weight excluding hydrogens is 373 g/mol. The van der Waals surface area contributed by atoms with Crippen LogP contribution < -0.4 is 0 Å². The van der Waals surface area contributed by atoms with E-state index in [9.17, 15) is 21.6 Å². The van der Waals surface area contributed by atoms with Gasteiger partial charge in [0.2, 0.25) is 0 Å². The molecule has 1 aromatic carbocycles. The minimum atomic E-state index is -5.67. The van der Waals surface area contributed by atoms with E-state index in [1.165, 1.54) is 12.2 Å². The lowest BCUT2D eigenvalue weighted by Gasteiger charge is -2.26. The van der Waals surface area contributed by atoms with E-state index in [-0.39, 0.29) is 6.42 Å². The summed E-state index contributed by atoms with van der Waals surface area (Å²) < 4.78 is 61.6. The Hall–Kier alpha value is -1.12. The molecule has 1 aromatic rings. The van der Waals surface area contributed by atoms with E-state index in [0.717, 1.165) is 11.1 Å². The summed E-state index contributed by atoms with van der Waals surface area (Å²) in [6.07, 6.45) is 4.32. The van der Waals surface area contributed by atoms with Crippen molar-refractivity contribution in [2.45, 2.75) is 16.4 Å². The summed E-state index contributed by atoms with van der Waals surface area (Å²) in [5.74, 6) is 0. The molecule has 1 atom stereocenters. The van der Waals surface area contributed by atoms with Crippen molar-refractivity contribution >= 4 is 31.6 Å². The molecule has 0 fully saturated rings. The molecule has 0 saturated carbocycles. The number of rotatable bonds is 3. The first-order chi connectivity index (χ1) is 9.63. The summed E-state index contributed by atoms with van der Waals surface area (Å²) in [6, 6.07) is 9.16. The number of hydrogen-bond donors (Lipinski definition) is 0. The molecule has 2 rings (SSSR count). The van der Waals surface area contributed by atoms with Crippen LogP contribution in [-0.2, 0) is 14.3 Å². The van der Waals surface area contributed by atoms with Crippen molar-refractivity contribution in [2.24, 2.45) is 0 Å². The van der Waals surface area contributed by atoms with Gasteiger partial charge in [-0.15, -0.1) is 0 Å². The van der Waals surface area contributed by atoms with E-state index >= 15 is 0 Å². The third-order valence-electron chi connectivity index (χ3n) is 2.75. The van der Waals surface area contributed by atoms with E-state index in [1.807, 2.05) is 30.3 Å². The summed E-state index contributed by atoms with van der Waals surface area (Å²) in [5.41, 5.74) is -3.80. The van der Waals surface area contributed by atoms with Gasteiger partial charge in [0.25, 0.3) is 0 Å². The van der Waals surface area contributed by atoms with Gasteiger partial charge < -0.3 is 0 Å². The monoisotopic (exact) mass is 382 g/mol. The van der Waals surface area contributed by atoms with Crippen LogP contribution in [0.3, 0.4) is 0 Å². The average Bonchev–Trinajstić information content (AvgIpc) is 2.38. The Labute approximate surface area is 128 Å². The van der Waals surface area contributed by atoms with Crippen LogP contribution in [-0.4, -0.2) is 18.4 Å². The number of halogens is 4. The van der Waals surface area contributed by atoms with E-state index in [0.29, 0.717) is 0 Å². The molecule has 0 N–H and O–H groups in total. The van der Waals surface area contributed by atoms with Gasteiger partial charge >= 0.3 is 15.6 Å². The van der Waals surface area contributed by atoms with Crippen LogP contribution in [0.5, 0.6) is 0 Å². The Morgan fingerprint density at radius 3 is 2.29 bits per heavy atom. The molecule has 0 bridgehead atoms. The number of benzene rings is 1. The average molecular weight is 383 g/mol. The van der Waals surface area contributed by atoms with Crippen LogP contribution >= 0.6 is 15.9 Å². The van der Waals surface area contributed by atoms with Crippen molar-refractivity contribution in [1.82, 2.24) is 0 Å². The summed E-state index contributed by atoms with van der Waals surface area (Å²) >= 11 is 2.89. The van der Waals surface area contributed by atoms with Gasteiger partial charge in [-0.2, -0.15) is 21.6 Å². The SMILES string of the molecule is O=S(=O)(OC1(Br)C=CC(c2ccccc2)=CC1)C(F)(F)F. The number of hydrogen-bond acceptors (Lipinski definition) is 3. The Balaban J connectivity index is 2.17. The first kappa shape index (κ1) is 16.3. The molecule has 0 amide bonds. The van der Waals surface area contributed by atoms with Gasteiger partial charge in [0.05, 0.1) is 0 Å². The maximum absolute atomic E-state index is 12.3. The van der Waals surface area contributed by atoms with Crippen LogP contribution in [0.2, 0.25) is 0 Å². The van der Waals surface area contributed by atoms with Crippen LogP contribution in [0.4, 0.5) is 13.2 Å². The summed E-state index contributed by atoms with van der Waals surface area (Å²) in [4.78, 5) is 0. The van der Waals surface area contributed by atoms with Crippen molar-refractivity contribution in [3.63, 3.8) is 0 Å². The molecule has 0 aliphatic heterocycles. The van der Waals surface area contributed by atoms with Crippen molar-refractivity contribution in [2.75, 3.05) is 0 Å². The quantitative estimate of drug-likeness (QED) is 0.451. The molecule has 114 valence electrons. The molecule has 8 heteroatoms. The Morgan fingerprint density at radius 2 is 1.81 bits per heavy atom. The second kappa shape index (κ2) is 5.58. The number of alkyl halides is 4. The summed E-state index contributed by atoms with van der Waals surface area (Å²) in [5, 5.41) is 0. The van der Waals surface area contributed by atoms with Gasteiger partial charge in [-0.05, 0) is 33.1 Å². The molecule has 0 saturated heterocycles. The lowest BCUT2D eigenvalue weighted by molar-refractivity contribution is -0.0568. The zero-order chi connectivity index (χ0) is 15.7. The minimum Gasteiger partial charge on any atom is -0.240 e. The molecule has 3 nitrogen and oxygen atoms in total.